The Labute approximate surface area is 103 Å². The zero-order valence-corrected chi connectivity index (χ0v) is 10.6. The minimum Gasteiger partial charge on any atom is -0.456 e. The van der Waals surface area contributed by atoms with E-state index in [0.717, 1.165) is 11.3 Å². The van der Waals surface area contributed by atoms with E-state index in [1.54, 1.807) is 12.2 Å². The van der Waals surface area contributed by atoms with E-state index < -0.39 is 0 Å². The van der Waals surface area contributed by atoms with Crippen LogP contribution in [0.3, 0.4) is 0 Å². The molecule has 0 aliphatic rings. The largest absolute Gasteiger partial charge is 0.456 e. The van der Waals surface area contributed by atoms with Gasteiger partial charge < -0.3 is 4.74 Å². The van der Waals surface area contributed by atoms with Gasteiger partial charge in [-0.05, 0) is 31.6 Å². The molecular formula is C14H16OS. The van der Waals surface area contributed by atoms with Gasteiger partial charge in [-0.3, -0.25) is 0 Å². The van der Waals surface area contributed by atoms with Crippen LogP contribution >= 0.6 is 12.6 Å². The highest BCUT2D eigenvalue weighted by atomic mass is 32.1. The zero-order chi connectivity index (χ0) is 12.1. The molecule has 0 amide bonds. The Bertz CT molecular complexity index is 444. The van der Waals surface area contributed by atoms with Gasteiger partial charge in [0.1, 0.15) is 11.5 Å². The monoisotopic (exact) mass is 232 g/mol. The lowest BCUT2D eigenvalue weighted by atomic mass is 10.1. The fourth-order valence-electron chi connectivity index (χ4n) is 1.33. The maximum absolute atomic E-state index is 5.72. The van der Waals surface area contributed by atoms with Gasteiger partial charge >= 0.3 is 0 Å². The predicted molar refractivity (Wildman–Crippen MR) is 73.0 cm³/mol. The average Bonchev–Trinajstić information content (AvgIpc) is 2.20. The number of hydrogen-bond donors (Lipinski definition) is 1. The second kappa shape index (κ2) is 5.61. The lowest BCUT2D eigenvalue weighted by molar-refractivity contribution is 0.439. The highest BCUT2D eigenvalue weighted by molar-refractivity contribution is 7.84. The van der Waals surface area contributed by atoms with Crippen molar-refractivity contribution in [3.05, 3.63) is 65.3 Å². The summed E-state index contributed by atoms with van der Waals surface area (Å²) in [7, 11) is 0. The fourth-order valence-corrected chi connectivity index (χ4v) is 1.45. The van der Waals surface area contributed by atoms with Crippen LogP contribution < -0.4 is 4.74 Å². The molecular weight excluding hydrogens is 216 g/mol. The second-order valence-corrected chi connectivity index (χ2v) is 4.12. The summed E-state index contributed by atoms with van der Waals surface area (Å²) in [6.45, 7) is 11.4. The molecule has 1 aromatic carbocycles. The molecule has 0 N–H and O–H groups in total. The number of aryl methyl sites for hydroxylation is 2. The molecule has 0 unspecified atom stereocenters. The van der Waals surface area contributed by atoms with E-state index in [1.165, 1.54) is 5.56 Å². The van der Waals surface area contributed by atoms with Crippen LogP contribution in [0.1, 0.15) is 11.1 Å². The number of rotatable bonds is 4. The maximum Gasteiger partial charge on any atom is 0.140 e. The Hall–Kier alpha value is -1.41. The van der Waals surface area contributed by atoms with E-state index in [-0.39, 0.29) is 0 Å². The number of allylic oxidation sites excluding steroid dienone is 2. The van der Waals surface area contributed by atoms with E-state index in [1.807, 2.05) is 19.1 Å². The smallest absolute Gasteiger partial charge is 0.140 e. The summed E-state index contributed by atoms with van der Waals surface area (Å²) in [5.41, 5.74) is 2.30. The number of hydrogen-bond acceptors (Lipinski definition) is 2. The van der Waals surface area contributed by atoms with Gasteiger partial charge in [-0.1, -0.05) is 36.9 Å². The van der Waals surface area contributed by atoms with Crippen LogP contribution in [0.2, 0.25) is 0 Å². The van der Waals surface area contributed by atoms with Gasteiger partial charge in [0.05, 0.1) is 0 Å². The first kappa shape index (κ1) is 12.7. The zero-order valence-electron chi connectivity index (χ0n) is 9.66. The summed E-state index contributed by atoms with van der Waals surface area (Å²) in [4.78, 5) is 0.583. The summed E-state index contributed by atoms with van der Waals surface area (Å²) in [5.74, 6) is 1.43. The van der Waals surface area contributed by atoms with Crippen molar-refractivity contribution in [1.82, 2.24) is 0 Å². The molecule has 0 saturated heterocycles. The van der Waals surface area contributed by atoms with Gasteiger partial charge in [0.2, 0.25) is 0 Å². The number of ether oxygens (including phenoxy) is 1. The van der Waals surface area contributed by atoms with Gasteiger partial charge in [-0.25, -0.2) is 0 Å². The molecule has 16 heavy (non-hydrogen) atoms. The quantitative estimate of drug-likeness (QED) is 0.465. The third-order valence-electron chi connectivity index (χ3n) is 2.10. The summed E-state index contributed by atoms with van der Waals surface area (Å²) in [5, 5.41) is 0. The Balaban J connectivity index is 2.98. The van der Waals surface area contributed by atoms with Crippen LogP contribution in [-0.2, 0) is 0 Å². The van der Waals surface area contributed by atoms with Crippen molar-refractivity contribution < 1.29 is 4.74 Å². The van der Waals surface area contributed by atoms with Gasteiger partial charge in [0, 0.05) is 4.91 Å². The van der Waals surface area contributed by atoms with Crippen molar-refractivity contribution in [3.63, 3.8) is 0 Å². The van der Waals surface area contributed by atoms with Crippen LogP contribution in [0, 0.1) is 13.8 Å². The van der Waals surface area contributed by atoms with Crippen molar-refractivity contribution in [2.75, 3.05) is 0 Å². The molecule has 1 aromatic rings. The summed E-state index contributed by atoms with van der Waals surface area (Å²) >= 11 is 4.18. The van der Waals surface area contributed by atoms with Gasteiger partial charge in [0.25, 0.3) is 0 Å². The Morgan fingerprint density at radius 3 is 2.56 bits per heavy atom. The van der Waals surface area contributed by atoms with Crippen molar-refractivity contribution in [3.8, 4) is 5.75 Å². The van der Waals surface area contributed by atoms with E-state index in [9.17, 15) is 0 Å². The SMILES string of the molecule is C=C/C=C(/Oc1ccc(C)cc1C)C(=C)S. The maximum atomic E-state index is 5.72. The molecule has 0 bridgehead atoms. The fraction of sp³-hybridized carbons (Fsp3) is 0.143. The standard InChI is InChI=1S/C14H16OS/c1-5-6-14(12(4)16)15-13-8-7-10(2)9-11(13)3/h5-9,16H,1,4H2,2-3H3/b14-6+. The second-order valence-electron chi connectivity index (χ2n) is 3.58. The molecule has 1 nitrogen and oxygen atoms in total. The Morgan fingerprint density at radius 2 is 2.06 bits per heavy atom. The molecule has 84 valence electrons. The van der Waals surface area contributed by atoms with Crippen LogP contribution in [0.5, 0.6) is 5.75 Å². The molecule has 0 atom stereocenters. The molecule has 0 radical (unpaired) electrons. The minimum atomic E-state index is 0.583. The van der Waals surface area contributed by atoms with Crippen molar-refractivity contribution in [1.29, 1.82) is 0 Å². The molecule has 1 rings (SSSR count). The third-order valence-corrected chi connectivity index (χ3v) is 2.32. The highest BCUT2D eigenvalue weighted by Crippen LogP contribution is 2.24. The minimum absolute atomic E-state index is 0.583. The first-order valence-corrected chi connectivity index (χ1v) is 5.45. The van der Waals surface area contributed by atoms with Crippen LogP contribution in [0.15, 0.2) is 54.2 Å². The van der Waals surface area contributed by atoms with Gasteiger partial charge in [-0.15, -0.1) is 12.6 Å². The molecule has 2 heteroatoms. The first-order chi connectivity index (χ1) is 7.54. The van der Waals surface area contributed by atoms with Gasteiger partial charge in [-0.2, -0.15) is 0 Å². The van der Waals surface area contributed by atoms with Gasteiger partial charge in [0.15, 0.2) is 0 Å². The highest BCUT2D eigenvalue weighted by Gasteiger charge is 2.04. The van der Waals surface area contributed by atoms with E-state index >= 15 is 0 Å². The summed E-state index contributed by atoms with van der Waals surface area (Å²) in [6.07, 6.45) is 3.40. The van der Waals surface area contributed by atoms with Crippen LogP contribution in [0.25, 0.3) is 0 Å². The van der Waals surface area contributed by atoms with E-state index in [2.05, 4.69) is 38.8 Å². The molecule has 0 spiro atoms. The molecule has 0 aliphatic carbocycles. The number of thiol groups is 1. The molecule has 0 aliphatic heterocycles. The first-order valence-electron chi connectivity index (χ1n) is 5.00. The Kier molecular flexibility index (Phi) is 4.44. The van der Waals surface area contributed by atoms with Crippen LogP contribution in [-0.4, -0.2) is 0 Å². The molecule has 0 aromatic heterocycles. The third kappa shape index (κ3) is 3.31. The summed E-state index contributed by atoms with van der Waals surface area (Å²) < 4.78 is 5.72. The molecule has 0 saturated carbocycles. The lowest BCUT2D eigenvalue weighted by Crippen LogP contribution is -1.96. The average molecular weight is 232 g/mol. The van der Waals surface area contributed by atoms with Crippen molar-refractivity contribution in [2.45, 2.75) is 13.8 Å². The molecule has 0 fully saturated rings. The normalized spacial score (nSPS) is 11.1. The van der Waals surface area contributed by atoms with E-state index in [0.29, 0.717) is 10.7 Å². The van der Waals surface area contributed by atoms with Crippen molar-refractivity contribution >= 4 is 12.6 Å². The van der Waals surface area contributed by atoms with Crippen molar-refractivity contribution in [2.24, 2.45) is 0 Å². The lowest BCUT2D eigenvalue weighted by Gasteiger charge is -2.11. The molecule has 0 heterocycles. The predicted octanol–water partition coefficient (Wildman–Crippen LogP) is 4.20. The van der Waals surface area contributed by atoms with E-state index in [4.69, 9.17) is 4.74 Å². The topological polar surface area (TPSA) is 9.23 Å². The number of benzene rings is 1. The summed E-state index contributed by atoms with van der Waals surface area (Å²) in [6, 6.07) is 6.02. The Morgan fingerprint density at radius 1 is 1.38 bits per heavy atom. The van der Waals surface area contributed by atoms with Crippen LogP contribution in [0.4, 0.5) is 0 Å².